The van der Waals surface area contributed by atoms with E-state index in [4.69, 9.17) is 0 Å². The quantitative estimate of drug-likeness (QED) is 0.821. The SMILES string of the molecule is CN1CCC(Nc2n[nH]c3ncccc23)CC1. The number of H-pyrrole nitrogens is 1. The van der Waals surface area contributed by atoms with Crippen molar-refractivity contribution in [1.29, 1.82) is 0 Å². The van der Waals surface area contributed by atoms with Crippen molar-refractivity contribution in [3.8, 4) is 0 Å². The maximum Gasteiger partial charge on any atom is 0.157 e. The predicted octanol–water partition coefficient (Wildman–Crippen LogP) is 1.46. The Morgan fingerprint density at radius 1 is 1.41 bits per heavy atom. The van der Waals surface area contributed by atoms with Crippen molar-refractivity contribution in [3.05, 3.63) is 18.3 Å². The average Bonchev–Trinajstić information content (AvgIpc) is 2.76. The lowest BCUT2D eigenvalue weighted by molar-refractivity contribution is 0.263. The molecule has 2 aromatic rings. The molecular formula is C12H17N5. The van der Waals surface area contributed by atoms with Crippen LogP contribution in [0.25, 0.3) is 11.0 Å². The fourth-order valence-electron chi connectivity index (χ4n) is 2.31. The number of piperidine rings is 1. The highest BCUT2D eigenvalue weighted by Crippen LogP contribution is 2.21. The fourth-order valence-corrected chi connectivity index (χ4v) is 2.31. The van der Waals surface area contributed by atoms with Gasteiger partial charge < -0.3 is 10.2 Å². The molecule has 1 saturated heterocycles. The van der Waals surface area contributed by atoms with Gasteiger partial charge in [-0.05, 0) is 45.1 Å². The topological polar surface area (TPSA) is 56.8 Å². The highest BCUT2D eigenvalue weighted by molar-refractivity contribution is 5.86. The normalized spacial score (nSPS) is 18.6. The number of pyridine rings is 1. The van der Waals surface area contributed by atoms with Crippen LogP contribution >= 0.6 is 0 Å². The van der Waals surface area contributed by atoms with Gasteiger partial charge in [0.05, 0.1) is 5.39 Å². The molecule has 1 fully saturated rings. The second-order valence-electron chi connectivity index (χ2n) is 4.69. The van der Waals surface area contributed by atoms with Crippen LogP contribution in [-0.2, 0) is 0 Å². The third-order valence-corrected chi connectivity index (χ3v) is 3.40. The summed E-state index contributed by atoms with van der Waals surface area (Å²) in [7, 11) is 2.17. The summed E-state index contributed by atoms with van der Waals surface area (Å²) in [4.78, 5) is 6.60. The Labute approximate surface area is 100 Å². The molecule has 0 unspecified atom stereocenters. The van der Waals surface area contributed by atoms with Crippen molar-refractivity contribution < 1.29 is 0 Å². The van der Waals surface area contributed by atoms with Crippen LogP contribution in [0.2, 0.25) is 0 Å². The standard InChI is InChI=1S/C12H17N5/c1-17-7-4-9(5-8-17)14-12-10-3-2-6-13-11(10)15-16-12/h2-3,6,9H,4-5,7-8H2,1H3,(H2,13,14,15,16). The molecule has 0 amide bonds. The van der Waals surface area contributed by atoms with Crippen molar-refractivity contribution in [2.24, 2.45) is 0 Å². The van der Waals surface area contributed by atoms with Crippen molar-refractivity contribution in [2.45, 2.75) is 18.9 Å². The number of hydrogen-bond donors (Lipinski definition) is 2. The zero-order valence-electron chi connectivity index (χ0n) is 9.98. The molecule has 5 nitrogen and oxygen atoms in total. The van der Waals surface area contributed by atoms with Crippen LogP contribution in [0.15, 0.2) is 18.3 Å². The van der Waals surface area contributed by atoms with Crippen molar-refractivity contribution in [3.63, 3.8) is 0 Å². The first kappa shape index (κ1) is 10.5. The summed E-state index contributed by atoms with van der Waals surface area (Å²) in [5, 5.41) is 11.8. The van der Waals surface area contributed by atoms with Gasteiger partial charge in [-0.2, -0.15) is 5.10 Å². The highest BCUT2D eigenvalue weighted by atomic mass is 15.2. The smallest absolute Gasteiger partial charge is 0.157 e. The van der Waals surface area contributed by atoms with Gasteiger partial charge in [0, 0.05) is 12.2 Å². The van der Waals surface area contributed by atoms with Crippen molar-refractivity contribution >= 4 is 16.9 Å². The molecule has 0 aliphatic carbocycles. The van der Waals surface area contributed by atoms with E-state index in [1.54, 1.807) is 6.20 Å². The zero-order valence-corrected chi connectivity index (χ0v) is 9.98. The predicted molar refractivity (Wildman–Crippen MR) is 68.0 cm³/mol. The van der Waals surface area contributed by atoms with E-state index in [-0.39, 0.29) is 0 Å². The van der Waals surface area contributed by atoms with Crippen LogP contribution in [0.4, 0.5) is 5.82 Å². The second-order valence-corrected chi connectivity index (χ2v) is 4.69. The van der Waals surface area contributed by atoms with E-state index in [1.807, 2.05) is 12.1 Å². The average molecular weight is 231 g/mol. The number of nitrogens with zero attached hydrogens (tertiary/aromatic N) is 3. The Hall–Kier alpha value is -1.62. The molecule has 0 bridgehead atoms. The molecule has 0 radical (unpaired) electrons. The molecule has 2 aromatic heterocycles. The fraction of sp³-hybridized carbons (Fsp3) is 0.500. The van der Waals surface area contributed by atoms with Gasteiger partial charge in [-0.25, -0.2) is 4.98 Å². The number of nitrogens with one attached hydrogen (secondary N) is 2. The molecule has 1 aliphatic rings. The van der Waals surface area contributed by atoms with Crippen LogP contribution in [-0.4, -0.2) is 46.3 Å². The molecule has 0 spiro atoms. The van der Waals surface area contributed by atoms with E-state index in [0.717, 1.165) is 29.9 Å². The third-order valence-electron chi connectivity index (χ3n) is 3.40. The van der Waals surface area contributed by atoms with Gasteiger partial charge in [0.1, 0.15) is 0 Å². The van der Waals surface area contributed by atoms with Gasteiger partial charge in [0.2, 0.25) is 0 Å². The van der Waals surface area contributed by atoms with E-state index >= 15 is 0 Å². The van der Waals surface area contributed by atoms with Crippen LogP contribution in [0.1, 0.15) is 12.8 Å². The summed E-state index contributed by atoms with van der Waals surface area (Å²) >= 11 is 0. The number of likely N-dealkylation sites (tertiary alicyclic amines) is 1. The first-order valence-electron chi connectivity index (χ1n) is 6.07. The van der Waals surface area contributed by atoms with Crippen molar-refractivity contribution in [2.75, 3.05) is 25.5 Å². The Balaban J connectivity index is 1.76. The summed E-state index contributed by atoms with van der Waals surface area (Å²) in [6.07, 6.45) is 4.12. The molecule has 0 saturated carbocycles. The molecule has 3 rings (SSSR count). The lowest BCUT2D eigenvalue weighted by Gasteiger charge is -2.29. The third kappa shape index (κ3) is 2.10. The first-order chi connectivity index (χ1) is 8.33. The van der Waals surface area contributed by atoms with Gasteiger partial charge in [-0.15, -0.1) is 0 Å². The van der Waals surface area contributed by atoms with Gasteiger partial charge in [0.25, 0.3) is 0 Å². The van der Waals surface area contributed by atoms with E-state index in [9.17, 15) is 0 Å². The van der Waals surface area contributed by atoms with Gasteiger partial charge in [-0.3, -0.25) is 5.10 Å². The maximum atomic E-state index is 4.30. The summed E-state index contributed by atoms with van der Waals surface area (Å²) in [6, 6.07) is 4.51. The van der Waals surface area contributed by atoms with Gasteiger partial charge in [-0.1, -0.05) is 0 Å². The molecular weight excluding hydrogens is 214 g/mol. The Morgan fingerprint density at radius 2 is 2.24 bits per heavy atom. The van der Waals surface area contributed by atoms with Crippen LogP contribution in [0, 0.1) is 0 Å². The molecule has 0 atom stereocenters. The largest absolute Gasteiger partial charge is 0.365 e. The number of aromatic nitrogens is 3. The number of rotatable bonds is 2. The minimum Gasteiger partial charge on any atom is -0.365 e. The molecule has 2 N–H and O–H groups in total. The summed E-state index contributed by atoms with van der Waals surface area (Å²) in [5.41, 5.74) is 0.850. The maximum absolute atomic E-state index is 4.30. The zero-order chi connectivity index (χ0) is 11.7. The van der Waals surface area contributed by atoms with Crippen LogP contribution in [0.3, 0.4) is 0 Å². The van der Waals surface area contributed by atoms with E-state index in [0.29, 0.717) is 6.04 Å². The number of aromatic amines is 1. The Morgan fingerprint density at radius 3 is 3.06 bits per heavy atom. The lowest BCUT2D eigenvalue weighted by atomic mass is 10.1. The molecule has 90 valence electrons. The molecule has 0 aromatic carbocycles. The van der Waals surface area contributed by atoms with Gasteiger partial charge in [0.15, 0.2) is 11.5 Å². The van der Waals surface area contributed by atoms with Crippen LogP contribution < -0.4 is 5.32 Å². The number of anilines is 1. The number of fused-ring (bicyclic) bond motifs is 1. The van der Waals surface area contributed by atoms with Crippen molar-refractivity contribution in [1.82, 2.24) is 20.1 Å². The highest BCUT2D eigenvalue weighted by Gasteiger charge is 2.18. The minimum absolute atomic E-state index is 0.526. The first-order valence-corrected chi connectivity index (χ1v) is 6.07. The van der Waals surface area contributed by atoms with E-state index in [2.05, 4.69) is 32.4 Å². The Bertz CT molecular complexity index is 498. The number of hydrogen-bond acceptors (Lipinski definition) is 4. The molecule has 3 heterocycles. The molecule has 17 heavy (non-hydrogen) atoms. The molecule has 1 aliphatic heterocycles. The molecule has 5 heteroatoms. The monoisotopic (exact) mass is 231 g/mol. The van der Waals surface area contributed by atoms with Gasteiger partial charge >= 0.3 is 0 Å². The second kappa shape index (κ2) is 4.33. The van der Waals surface area contributed by atoms with Crippen LogP contribution in [0.5, 0.6) is 0 Å². The van der Waals surface area contributed by atoms with E-state index < -0.39 is 0 Å². The van der Waals surface area contributed by atoms with E-state index in [1.165, 1.54) is 12.8 Å². The summed E-state index contributed by atoms with van der Waals surface area (Å²) in [5.74, 6) is 0.933. The minimum atomic E-state index is 0.526. The summed E-state index contributed by atoms with van der Waals surface area (Å²) < 4.78 is 0. The lowest BCUT2D eigenvalue weighted by Crippen LogP contribution is -2.36. The summed E-state index contributed by atoms with van der Waals surface area (Å²) in [6.45, 7) is 2.30. The Kier molecular flexibility index (Phi) is 2.68.